The number of ether oxygens (including phenoxy) is 3. The monoisotopic (exact) mass is 512 g/mol. The van der Waals surface area contributed by atoms with Gasteiger partial charge in [0.25, 0.3) is 5.91 Å². The Hall–Kier alpha value is -4.54. The van der Waals surface area contributed by atoms with Crippen molar-refractivity contribution in [2.24, 2.45) is 0 Å². The van der Waals surface area contributed by atoms with Crippen LogP contribution in [0.1, 0.15) is 10.5 Å². The van der Waals surface area contributed by atoms with Gasteiger partial charge in [0.05, 0.1) is 56.2 Å². The summed E-state index contributed by atoms with van der Waals surface area (Å²) in [4.78, 5) is 25.7. The molecule has 0 radical (unpaired) electrons. The number of rotatable bonds is 11. The lowest BCUT2D eigenvalue weighted by Crippen LogP contribution is -2.14. The van der Waals surface area contributed by atoms with Crippen molar-refractivity contribution in [2.45, 2.75) is 6.54 Å². The molecule has 1 aromatic carbocycles. The largest absolute Gasteiger partial charge is 0.497 e. The number of carbonyl (C=O) groups excluding carboxylic acids is 1. The maximum atomic E-state index is 13.3. The Morgan fingerprint density at radius 3 is 2.71 bits per heavy atom. The number of amides is 1. The number of pyridine rings is 2. The number of anilines is 1. The van der Waals surface area contributed by atoms with E-state index < -0.39 is 0 Å². The fourth-order valence-electron chi connectivity index (χ4n) is 3.99. The van der Waals surface area contributed by atoms with E-state index in [1.807, 2.05) is 54.6 Å². The molecule has 10 nitrogen and oxygen atoms in total. The first-order valence-electron chi connectivity index (χ1n) is 12.2. The third kappa shape index (κ3) is 5.72. The number of aromatic amines is 1. The summed E-state index contributed by atoms with van der Waals surface area (Å²) < 4.78 is 17.6. The molecule has 0 saturated heterocycles. The molecule has 0 saturated carbocycles. The molecule has 0 unspecified atom stereocenters. The molecule has 194 valence electrons. The maximum absolute atomic E-state index is 13.3. The standard InChI is InChI=1S/C28H28N6O4/c1-36-14-15-38-13-12-34-18-26(27(33-34)22-6-3-4-11-29-22)32-28(35)23-8-5-7-21(30-23)25-16-19-9-10-20(37-2)17-24(19)31-25/h3-11,16-18,31H,12-15H2,1-2H3,(H,32,35). The van der Waals surface area contributed by atoms with Gasteiger partial charge < -0.3 is 24.5 Å². The molecular weight excluding hydrogens is 484 g/mol. The van der Waals surface area contributed by atoms with Gasteiger partial charge in [-0.15, -0.1) is 0 Å². The fourth-order valence-corrected chi connectivity index (χ4v) is 3.99. The van der Waals surface area contributed by atoms with Gasteiger partial charge in [-0.3, -0.25) is 14.5 Å². The van der Waals surface area contributed by atoms with Crippen molar-refractivity contribution in [1.82, 2.24) is 24.7 Å². The highest BCUT2D eigenvalue weighted by atomic mass is 16.5. The molecule has 0 aliphatic heterocycles. The highest BCUT2D eigenvalue weighted by Crippen LogP contribution is 2.27. The van der Waals surface area contributed by atoms with Gasteiger partial charge >= 0.3 is 0 Å². The van der Waals surface area contributed by atoms with Crippen molar-refractivity contribution in [3.63, 3.8) is 0 Å². The van der Waals surface area contributed by atoms with E-state index in [0.29, 0.717) is 49.1 Å². The van der Waals surface area contributed by atoms with E-state index in [0.717, 1.165) is 22.3 Å². The zero-order valence-electron chi connectivity index (χ0n) is 21.2. The summed E-state index contributed by atoms with van der Waals surface area (Å²) in [6.07, 6.45) is 3.46. The van der Waals surface area contributed by atoms with Gasteiger partial charge in [-0.2, -0.15) is 5.10 Å². The number of aromatic nitrogens is 5. The Morgan fingerprint density at radius 2 is 1.89 bits per heavy atom. The predicted molar refractivity (Wildman–Crippen MR) is 144 cm³/mol. The number of methoxy groups -OCH3 is 2. The van der Waals surface area contributed by atoms with Gasteiger partial charge in [-0.1, -0.05) is 12.1 Å². The first-order valence-corrected chi connectivity index (χ1v) is 12.2. The molecule has 38 heavy (non-hydrogen) atoms. The minimum atomic E-state index is -0.349. The Kier molecular flexibility index (Phi) is 7.72. The number of H-pyrrole nitrogens is 1. The minimum Gasteiger partial charge on any atom is -0.497 e. The first kappa shape index (κ1) is 25.1. The number of nitrogens with one attached hydrogen (secondary N) is 2. The molecule has 5 aromatic rings. The molecule has 0 spiro atoms. The van der Waals surface area contributed by atoms with Gasteiger partial charge in [0.15, 0.2) is 0 Å². The van der Waals surface area contributed by atoms with Crippen molar-refractivity contribution < 1.29 is 19.0 Å². The fraction of sp³-hybridized carbons (Fsp3) is 0.214. The number of carbonyl (C=O) groups is 1. The van der Waals surface area contributed by atoms with Crippen LogP contribution in [0.15, 0.2) is 73.1 Å². The summed E-state index contributed by atoms with van der Waals surface area (Å²) in [5, 5.41) is 8.63. The molecule has 4 aromatic heterocycles. The topological polar surface area (TPSA) is 116 Å². The number of hydrogen-bond acceptors (Lipinski definition) is 7. The van der Waals surface area contributed by atoms with Crippen LogP contribution >= 0.6 is 0 Å². The van der Waals surface area contributed by atoms with Crippen molar-refractivity contribution in [2.75, 3.05) is 39.4 Å². The molecule has 5 rings (SSSR count). The molecule has 4 heterocycles. The van der Waals surface area contributed by atoms with Crippen molar-refractivity contribution >= 4 is 22.5 Å². The molecule has 0 bridgehead atoms. The van der Waals surface area contributed by atoms with Gasteiger partial charge in [-0.25, -0.2) is 4.98 Å². The van der Waals surface area contributed by atoms with Crippen molar-refractivity contribution in [3.8, 4) is 28.5 Å². The Bertz CT molecular complexity index is 1530. The predicted octanol–water partition coefficient (Wildman–Crippen LogP) is 4.41. The molecule has 0 aliphatic rings. The van der Waals surface area contributed by atoms with Crippen LogP contribution in [0.2, 0.25) is 0 Å². The average Bonchev–Trinajstić information content (AvgIpc) is 3.57. The van der Waals surface area contributed by atoms with E-state index >= 15 is 0 Å². The summed E-state index contributed by atoms with van der Waals surface area (Å²) >= 11 is 0. The first-order chi connectivity index (χ1) is 18.6. The zero-order chi connectivity index (χ0) is 26.3. The number of hydrogen-bond donors (Lipinski definition) is 2. The Labute approximate surface area is 219 Å². The number of fused-ring (bicyclic) bond motifs is 1. The van der Waals surface area contributed by atoms with Crippen LogP contribution in [0.4, 0.5) is 5.69 Å². The van der Waals surface area contributed by atoms with E-state index in [9.17, 15) is 4.79 Å². The van der Waals surface area contributed by atoms with Crippen LogP contribution in [0.25, 0.3) is 33.7 Å². The summed E-state index contributed by atoms with van der Waals surface area (Å²) in [6.45, 7) is 2.00. The van der Waals surface area contributed by atoms with Gasteiger partial charge in [0.1, 0.15) is 17.1 Å². The molecule has 0 aliphatic carbocycles. The average molecular weight is 513 g/mol. The highest BCUT2D eigenvalue weighted by molar-refractivity contribution is 6.04. The normalized spacial score (nSPS) is 11.1. The lowest BCUT2D eigenvalue weighted by atomic mass is 10.2. The van der Waals surface area contributed by atoms with E-state index in [-0.39, 0.29) is 11.6 Å². The summed E-state index contributed by atoms with van der Waals surface area (Å²) in [6, 6.07) is 18.7. The van der Waals surface area contributed by atoms with Crippen LogP contribution in [-0.2, 0) is 16.0 Å². The molecule has 0 atom stereocenters. The second-order valence-electron chi connectivity index (χ2n) is 8.47. The minimum absolute atomic E-state index is 0.279. The van der Waals surface area contributed by atoms with E-state index in [4.69, 9.17) is 14.2 Å². The Balaban J connectivity index is 1.37. The van der Waals surface area contributed by atoms with Crippen LogP contribution in [-0.4, -0.2) is 64.7 Å². The van der Waals surface area contributed by atoms with Crippen LogP contribution in [0.3, 0.4) is 0 Å². The smallest absolute Gasteiger partial charge is 0.274 e. The van der Waals surface area contributed by atoms with Crippen molar-refractivity contribution in [1.29, 1.82) is 0 Å². The summed E-state index contributed by atoms with van der Waals surface area (Å²) in [5.41, 5.74) is 4.42. The molecular formula is C28H28N6O4. The molecule has 0 fully saturated rings. The third-order valence-electron chi connectivity index (χ3n) is 5.90. The van der Waals surface area contributed by atoms with Crippen LogP contribution in [0, 0.1) is 0 Å². The van der Waals surface area contributed by atoms with E-state index in [2.05, 4.69) is 25.4 Å². The van der Waals surface area contributed by atoms with E-state index in [1.165, 1.54) is 0 Å². The Morgan fingerprint density at radius 1 is 1.00 bits per heavy atom. The quantitative estimate of drug-likeness (QED) is 0.252. The SMILES string of the molecule is COCCOCCn1cc(NC(=O)c2cccc(-c3cc4ccc(OC)cc4[nH]3)n2)c(-c2ccccn2)n1. The highest BCUT2D eigenvalue weighted by Gasteiger charge is 2.17. The van der Waals surface area contributed by atoms with Gasteiger partial charge in [-0.05, 0) is 42.5 Å². The summed E-state index contributed by atoms with van der Waals surface area (Å²) in [7, 11) is 3.27. The number of nitrogens with zero attached hydrogens (tertiary/aromatic N) is 4. The molecule has 2 N–H and O–H groups in total. The lowest BCUT2D eigenvalue weighted by Gasteiger charge is -2.06. The molecule has 1 amide bonds. The number of benzene rings is 1. The summed E-state index contributed by atoms with van der Waals surface area (Å²) in [5.74, 6) is 0.412. The second kappa shape index (κ2) is 11.7. The van der Waals surface area contributed by atoms with Crippen LogP contribution < -0.4 is 10.1 Å². The maximum Gasteiger partial charge on any atom is 0.274 e. The zero-order valence-corrected chi connectivity index (χ0v) is 21.2. The van der Waals surface area contributed by atoms with Gasteiger partial charge in [0, 0.05) is 36.5 Å². The lowest BCUT2D eigenvalue weighted by molar-refractivity contribution is 0.0654. The van der Waals surface area contributed by atoms with Crippen LogP contribution in [0.5, 0.6) is 5.75 Å². The van der Waals surface area contributed by atoms with Gasteiger partial charge in [0.2, 0.25) is 0 Å². The molecule has 10 heteroatoms. The second-order valence-corrected chi connectivity index (χ2v) is 8.47. The third-order valence-corrected chi connectivity index (χ3v) is 5.90. The van der Waals surface area contributed by atoms with E-state index in [1.54, 1.807) is 37.4 Å². The van der Waals surface area contributed by atoms with Crippen molar-refractivity contribution in [3.05, 3.63) is 78.8 Å².